The zero-order valence-corrected chi connectivity index (χ0v) is 12.2. The van der Waals surface area contributed by atoms with Gasteiger partial charge in [-0.3, -0.25) is 4.90 Å². The number of rotatable bonds is 4. The summed E-state index contributed by atoms with van der Waals surface area (Å²) in [5.74, 6) is 0.870. The van der Waals surface area contributed by atoms with Crippen LogP contribution in [0, 0.1) is 0 Å². The highest BCUT2D eigenvalue weighted by atomic mass is 16.5. The smallest absolute Gasteiger partial charge is 0.141 e. The Kier molecular flexibility index (Phi) is 4.52. The number of methoxy groups -OCH3 is 1. The normalized spacial score (nSPS) is 13.5. The van der Waals surface area contributed by atoms with E-state index in [0.29, 0.717) is 0 Å². The van der Waals surface area contributed by atoms with E-state index in [9.17, 15) is 4.79 Å². The zero-order chi connectivity index (χ0) is 13.9. The number of carbonyl (C=O) groups excluding carboxylic acids is 1. The van der Waals surface area contributed by atoms with Gasteiger partial charge < -0.3 is 9.53 Å². The molecule has 1 rings (SSSR count). The number of hydrogen-bond donors (Lipinski definition) is 0. The Bertz CT molecular complexity index is 419. The standard InChI is InChI=1S/C15H23NO2/c1-15(2,3)12-9-11(7-8-14(12)18-6)13(10-17)16(4)5/h7-10,13H,1-6H3. The largest absolute Gasteiger partial charge is 0.496 e. The molecule has 0 aromatic heterocycles. The van der Waals surface area contributed by atoms with Gasteiger partial charge in [0, 0.05) is 0 Å². The maximum absolute atomic E-state index is 11.2. The first-order valence-electron chi connectivity index (χ1n) is 6.11. The molecule has 0 saturated carbocycles. The molecule has 100 valence electrons. The second-order valence-corrected chi connectivity index (χ2v) is 5.75. The van der Waals surface area contributed by atoms with Crippen LogP contribution in [0.2, 0.25) is 0 Å². The summed E-state index contributed by atoms with van der Waals surface area (Å²) >= 11 is 0. The highest BCUT2D eigenvalue weighted by molar-refractivity contribution is 5.62. The Morgan fingerprint density at radius 3 is 2.28 bits per heavy atom. The molecule has 0 aliphatic heterocycles. The van der Waals surface area contributed by atoms with Crippen molar-refractivity contribution in [1.82, 2.24) is 4.90 Å². The van der Waals surface area contributed by atoms with Crippen molar-refractivity contribution < 1.29 is 9.53 Å². The summed E-state index contributed by atoms with van der Waals surface area (Å²) in [6.07, 6.45) is 0.967. The number of benzene rings is 1. The van der Waals surface area contributed by atoms with Crippen molar-refractivity contribution in [3.05, 3.63) is 29.3 Å². The zero-order valence-electron chi connectivity index (χ0n) is 12.2. The lowest BCUT2D eigenvalue weighted by atomic mass is 9.84. The second kappa shape index (κ2) is 5.53. The predicted octanol–water partition coefficient (Wildman–Crippen LogP) is 2.79. The van der Waals surface area contributed by atoms with Gasteiger partial charge in [-0.25, -0.2) is 0 Å². The summed E-state index contributed by atoms with van der Waals surface area (Å²) in [6, 6.07) is 5.75. The monoisotopic (exact) mass is 249 g/mol. The average molecular weight is 249 g/mol. The van der Waals surface area contributed by atoms with Gasteiger partial charge >= 0.3 is 0 Å². The molecule has 1 atom stereocenters. The lowest BCUT2D eigenvalue weighted by molar-refractivity contribution is -0.111. The molecule has 1 aromatic rings. The van der Waals surface area contributed by atoms with E-state index in [0.717, 1.165) is 23.2 Å². The van der Waals surface area contributed by atoms with Crippen molar-refractivity contribution in [2.45, 2.75) is 32.2 Å². The van der Waals surface area contributed by atoms with Crippen LogP contribution in [-0.2, 0) is 10.2 Å². The third-order valence-electron chi connectivity index (χ3n) is 3.06. The maximum atomic E-state index is 11.2. The van der Waals surface area contributed by atoms with Gasteiger partial charge in [0.05, 0.1) is 13.2 Å². The fraction of sp³-hybridized carbons (Fsp3) is 0.533. The van der Waals surface area contributed by atoms with E-state index >= 15 is 0 Å². The molecule has 0 bridgehead atoms. The molecule has 3 nitrogen and oxygen atoms in total. The minimum atomic E-state index is -0.211. The molecule has 1 aromatic carbocycles. The number of aldehydes is 1. The van der Waals surface area contributed by atoms with Crippen molar-refractivity contribution in [2.24, 2.45) is 0 Å². The van der Waals surface area contributed by atoms with Gasteiger partial charge in [0.1, 0.15) is 12.0 Å². The Morgan fingerprint density at radius 2 is 1.89 bits per heavy atom. The quantitative estimate of drug-likeness (QED) is 0.768. The van der Waals surface area contributed by atoms with Crippen molar-refractivity contribution in [1.29, 1.82) is 0 Å². The molecule has 0 aliphatic rings. The lowest BCUT2D eigenvalue weighted by Crippen LogP contribution is -2.22. The average Bonchev–Trinajstić information content (AvgIpc) is 2.28. The van der Waals surface area contributed by atoms with Gasteiger partial charge in [0.2, 0.25) is 0 Å². The summed E-state index contributed by atoms with van der Waals surface area (Å²) < 4.78 is 5.40. The molecule has 3 heteroatoms. The van der Waals surface area contributed by atoms with Gasteiger partial charge in [0.25, 0.3) is 0 Å². The van der Waals surface area contributed by atoms with Crippen LogP contribution in [0.25, 0.3) is 0 Å². The molecule has 0 aliphatic carbocycles. The van der Waals surface area contributed by atoms with Crippen LogP contribution in [0.15, 0.2) is 18.2 Å². The number of hydrogen-bond acceptors (Lipinski definition) is 3. The molecule has 0 heterocycles. The van der Waals surface area contributed by atoms with Gasteiger partial charge in [-0.2, -0.15) is 0 Å². The van der Waals surface area contributed by atoms with Crippen molar-refractivity contribution in [3.63, 3.8) is 0 Å². The minimum absolute atomic E-state index is 0.0128. The molecular formula is C15H23NO2. The van der Waals surface area contributed by atoms with E-state index in [1.807, 2.05) is 31.1 Å². The van der Waals surface area contributed by atoms with Crippen molar-refractivity contribution >= 4 is 6.29 Å². The van der Waals surface area contributed by atoms with E-state index < -0.39 is 0 Å². The van der Waals surface area contributed by atoms with Crippen LogP contribution in [0.1, 0.15) is 37.9 Å². The summed E-state index contributed by atoms with van der Waals surface area (Å²) in [4.78, 5) is 13.1. The molecule has 0 amide bonds. The first-order chi connectivity index (χ1) is 8.31. The second-order valence-electron chi connectivity index (χ2n) is 5.75. The van der Waals surface area contributed by atoms with Gasteiger partial charge in [0.15, 0.2) is 0 Å². The fourth-order valence-electron chi connectivity index (χ4n) is 1.99. The van der Waals surface area contributed by atoms with Gasteiger partial charge in [-0.1, -0.05) is 26.8 Å². The SMILES string of the molecule is COc1ccc(C(C=O)N(C)C)cc1C(C)(C)C. The van der Waals surface area contributed by atoms with E-state index in [2.05, 4.69) is 26.8 Å². The summed E-state index contributed by atoms with van der Waals surface area (Å²) in [5.41, 5.74) is 2.11. The maximum Gasteiger partial charge on any atom is 0.141 e. The summed E-state index contributed by atoms with van der Waals surface area (Å²) in [6.45, 7) is 6.42. The number of likely N-dealkylation sites (N-methyl/N-ethyl adjacent to an activating group) is 1. The van der Waals surface area contributed by atoms with Crippen LogP contribution >= 0.6 is 0 Å². The molecule has 1 unspecified atom stereocenters. The van der Waals surface area contributed by atoms with E-state index in [1.54, 1.807) is 7.11 Å². The van der Waals surface area contributed by atoms with Crippen LogP contribution in [0.3, 0.4) is 0 Å². The van der Waals surface area contributed by atoms with Crippen LogP contribution in [0.5, 0.6) is 5.75 Å². The van der Waals surface area contributed by atoms with E-state index in [4.69, 9.17) is 4.74 Å². The molecule has 0 spiro atoms. The van der Waals surface area contributed by atoms with E-state index in [1.165, 1.54) is 0 Å². The van der Waals surface area contributed by atoms with Gasteiger partial charge in [-0.15, -0.1) is 0 Å². The molecule has 18 heavy (non-hydrogen) atoms. The molecule has 0 saturated heterocycles. The van der Waals surface area contributed by atoms with Gasteiger partial charge in [-0.05, 0) is 42.8 Å². The topological polar surface area (TPSA) is 29.5 Å². The van der Waals surface area contributed by atoms with Crippen molar-refractivity contribution in [3.8, 4) is 5.75 Å². The van der Waals surface area contributed by atoms with Crippen LogP contribution < -0.4 is 4.74 Å². The Hall–Kier alpha value is -1.35. The third kappa shape index (κ3) is 3.10. The Balaban J connectivity index is 3.30. The molecular weight excluding hydrogens is 226 g/mol. The third-order valence-corrected chi connectivity index (χ3v) is 3.06. The number of carbonyl (C=O) groups is 1. The molecule has 0 N–H and O–H groups in total. The Morgan fingerprint density at radius 1 is 1.28 bits per heavy atom. The molecule has 0 fully saturated rings. The Labute approximate surface area is 110 Å². The van der Waals surface area contributed by atoms with Crippen LogP contribution in [0.4, 0.5) is 0 Å². The predicted molar refractivity (Wildman–Crippen MR) is 74.2 cm³/mol. The highest BCUT2D eigenvalue weighted by Crippen LogP contribution is 2.33. The van der Waals surface area contributed by atoms with E-state index in [-0.39, 0.29) is 11.5 Å². The number of ether oxygens (including phenoxy) is 1. The van der Waals surface area contributed by atoms with Crippen molar-refractivity contribution in [2.75, 3.05) is 21.2 Å². The fourth-order valence-corrected chi connectivity index (χ4v) is 1.99. The molecule has 0 radical (unpaired) electrons. The first kappa shape index (κ1) is 14.7. The first-order valence-corrected chi connectivity index (χ1v) is 6.11. The highest BCUT2D eigenvalue weighted by Gasteiger charge is 2.22. The van der Waals surface area contributed by atoms with Crippen LogP contribution in [-0.4, -0.2) is 32.4 Å². The lowest BCUT2D eigenvalue weighted by Gasteiger charge is -2.25. The number of nitrogens with zero attached hydrogens (tertiary/aromatic N) is 1. The summed E-state index contributed by atoms with van der Waals surface area (Å²) in [5, 5.41) is 0. The minimum Gasteiger partial charge on any atom is -0.496 e. The summed E-state index contributed by atoms with van der Waals surface area (Å²) in [7, 11) is 5.48.